The quantitative estimate of drug-likeness (QED) is 0.755. The van der Waals surface area contributed by atoms with Crippen molar-refractivity contribution in [2.24, 2.45) is 5.92 Å². The molecule has 0 saturated heterocycles. The first-order chi connectivity index (χ1) is 11.2. The van der Waals surface area contributed by atoms with Crippen molar-refractivity contribution < 1.29 is 26.8 Å². The highest BCUT2D eigenvalue weighted by Crippen LogP contribution is 2.37. The van der Waals surface area contributed by atoms with E-state index < -0.39 is 30.5 Å². The molecule has 1 aromatic carbocycles. The molecule has 1 heterocycles. The lowest BCUT2D eigenvalue weighted by Gasteiger charge is -2.29. The van der Waals surface area contributed by atoms with Crippen LogP contribution in [0.2, 0.25) is 0 Å². The summed E-state index contributed by atoms with van der Waals surface area (Å²) in [4.78, 5) is 13.5. The number of benzene rings is 1. The summed E-state index contributed by atoms with van der Waals surface area (Å²) in [5.74, 6) is -1.66. The van der Waals surface area contributed by atoms with Gasteiger partial charge in [0.25, 0.3) is 5.91 Å². The van der Waals surface area contributed by atoms with Crippen molar-refractivity contribution in [2.75, 3.05) is 6.54 Å². The van der Waals surface area contributed by atoms with Crippen LogP contribution >= 0.6 is 0 Å². The van der Waals surface area contributed by atoms with Crippen molar-refractivity contribution in [3.05, 3.63) is 35.3 Å². The lowest BCUT2D eigenvalue weighted by atomic mass is 10.1. The number of alkyl halides is 3. The number of hydrogen-bond donors (Lipinski definition) is 0. The summed E-state index contributed by atoms with van der Waals surface area (Å²) in [6, 6.07) is 3.68. The van der Waals surface area contributed by atoms with E-state index >= 15 is 0 Å². The summed E-state index contributed by atoms with van der Waals surface area (Å²) in [7, 11) is 0. The zero-order chi connectivity index (χ0) is 17.6. The smallest absolute Gasteiger partial charge is 0.406 e. The number of aryl methyl sites for hydroxylation is 1. The summed E-state index contributed by atoms with van der Waals surface area (Å²) in [6.45, 7) is 1.81. The second kappa shape index (κ2) is 5.79. The van der Waals surface area contributed by atoms with Crippen LogP contribution in [0.3, 0.4) is 0 Å². The summed E-state index contributed by atoms with van der Waals surface area (Å²) >= 11 is 0. The number of rotatable bonds is 4. The third kappa shape index (κ3) is 3.12. The van der Waals surface area contributed by atoms with Crippen LogP contribution in [0, 0.1) is 18.7 Å². The molecule has 1 saturated carbocycles. The van der Waals surface area contributed by atoms with Gasteiger partial charge in [0.2, 0.25) is 0 Å². The maximum atomic E-state index is 13.8. The van der Waals surface area contributed by atoms with Crippen LogP contribution in [0.5, 0.6) is 0 Å². The molecule has 2 aromatic rings. The average Bonchev–Trinajstić information content (AvgIpc) is 3.28. The van der Waals surface area contributed by atoms with Gasteiger partial charge in [-0.2, -0.15) is 13.2 Å². The molecular weight excluding hydrogens is 326 g/mol. The Labute approximate surface area is 136 Å². The highest BCUT2D eigenvalue weighted by Gasteiger charge is 2.42. The fourth-order valence-electron chi connectivity index (χ4n) is 2.97. The van der Waals surface area contributed by atoms with E-state index in [1.165, 1.54) is 12.1 Å². The van der Waals surface area contributed by atoms with Gasteiger partial charge < -0.3 is 9.32 Å². The third-order valence-electron chi connectivity index (χ3n) is 4.52. The highest BCUT2D eigenvalue weighted by atomic mass is 19.4. The minimum atomic E-state index is -4.51. The van der Waals surface area contributed by atoms with E-state index in [-0.39, 0.29) is 17.3 Å². The van der Waals surface area contributed by atoms with Crippen molar-refractivity contribution in [2.45, 2.75) is 38.9 Å². The molecule has 0 aliphatic heterocycles. The largest absolute Gasteiger partial charge is 0.448 e. The van der Waals surface area contributed by atoms with Crippen molar-refractivity contribution in [1.29, 1.82) is 0 Å². The van der Waals surface area contributed by atoms with Gasteiger partial charge in [-0.15, -0.1) is 0 Å². The standard InChI is InChI=1S/C17H17F4NO2/c1-9-12-4-3-5-13(18)15(12)24-14(9)16(23)22(8-17(19,20)21)10(2)11-6-7-11/h3-5,10-11H,6-8H2,1-2H3. The Balaban J connectivity index is 2.00. The molecule has 0 radical (unpaired) electrons. The minimum absolute atomic E-state index is 0.0673. The maximum Gasteiger partial charge on any atom is 0.406 e. The molecular formula is C17H17F4NO2. The molecule has 1 aliphatic carbocycles. The number of carbonyl (C=O) groups excluding carboxylic acids is 1. The van der Waals surface area contributed by atoms with Crippen LogP contribution in [0.4, 0.5) is 17.6 Å². The molecule has 130 valence electrons. The molecule has 1 aromatic heterocycles. The maximum absolute atomic E-state index is 13.8. The zero-order valence-corrected chi connectivity index (χ0v) is 13.3. The Bertz CT molecular complexity index is 777. The van der Waals surface area contributed by atoms with Gasteiger partial charge >= 0.3 is 6.18 Å². The second-order valence-corrected chi connectivity index (χ2v) is 6.30. The first-order valence-corrected chi connectivity index (χ1v) is 7.74. The van der Waals surface area contributed by atoms with Gasteiger partial charge in [0.15, 0.2) is 17.2 Å². The zero-order valence-electron chi connectivity index (χ0n) is 13.3. The molecule has 1 atom stereocenters. The van der Waals surface area contributed by atoms with Crippen LogP contribution < -0.4 is 0 Å². The first kappa shape index (κ1) is 16.8. The molecule has 1 amide bonds. The van der Waals surface area contributed by atoms with E-state index in [4.69, 9.17) is 4.42 Å². The fraction of sp³-hybridized carbons (Fsp3) is 0.471. The van der Waals surface area contributed by atoms with Crippen LogP contribution in [-0.4, -0.2) is 29.6 Å². The predicted octanol–water partition coefficient (Wildman–Crippen LogP) is 4.68. The Morgan fingerprint density at radius 2 is 2.04 bits per heavy atom. The molecule has 0 N–H and O–H groups in total. The highest BCUT2D eigenvalue weighted by molar-refractivity contribution is 5.99. The third-order valence-corrected chi connectivity index (χ3v) is 4.52. The van der Waals surface area contributed by atoms with Gasteiger partial charge in [-0.3, -0.25) is 4.79 Å². The molecule has 1 aliphatic rings. The topological polar surface area (TPSA) is 33.5 Å². The fourth-order valence-corrected chi connectivity index (χ4v) is 2.97. The van der Waals surface area contributed by atoms with Gasteiger partial charge in [-0.05, 0) is 38.7 Å². The second-order valence-electron chi connectivity index (χ2n) is 6.30. The number of carbonyl (C=O) groups is 1. The molecule has 7 heteroatoms. The number of amides is 1. The number of para-hydroxylation sites is 1. The van der Waals surface area contributed by atoms with Crippen molar-refractivity contribution >= 4 is 16.9 Å². The van der Waals surface area contributed by atoms with E-state index in [9.17, 15) is 22.4 Å². The van der Waals surface area contributed by atoms with E-state index in [1.54, 1.807) is 19.9 Å². The van der Waals surface area contributed by atoms with Gasteiger partial charge in [-0.25, -0.2) is 4.39 Å². The van der Waals surface area contributed by atoms with Gasteiger partial charge in [0, 0.05) is 17.0 Å². The van der Waals surface area contributed by atoms with Crippen molar-refractivity contribution in [3.8, 4) is 0 Å². The predicted molar refractivity (Wildman–Crippen MR) is 80.2 cm³/mol. The molecule has 0 spiro atoms. The van der Waals surface area contributed by atoms with E-state index in [2.05, 4.69) is 0 Å². The Hall–Kier alpha value is -2.05. The van der Waals surface area contributed by atoms with Gasteiger partial charge in [0.05, 0.1) is 0 Å². The van der Waals surface area contributed by atoms with E-state index in [0.29, 0.717) is 10.9 Å². The molecule has 1 unspecified atom stereocenters. The van der Waals surface area contributed by atoms with Crippen LogP contribution in [0.15, 0.2) is 22.6 Å². The first-order valence-electron chi connectivity index (χ1n) is 7.74. The lowest BCUT2D eigenvalue weighted by molar-refractivity contribution is -0.145. The SMILES string of the molecule is Cc1c(C(=O)N(CC(F)(F)F)C(C)C2CC2)oc2c(F)cccc12. The Morgan fingerprint density at radius 3 is 2.58 bits per heavy atom. The van der Waals surface area contributed by atoms with Crippen LogP contribution in [0.25, 0.3) is 11.0 Å². The Morgan fingerprint density at radius 1 is 1.38 bits per heavy atom. The summed E-state index contributed by atoms with van der Waals surface area (Å²) in [6.07, 6.45) is -2.91. The van der Waals surface area contributed by atoms with E-state index in [0.717, 1.165) is 17.7 Å². The number of nitrogens with zero attached hydrogens (tertiary/aromatic N) is 1. The van der Waals surface area contributed by atoms with E-state index in [1.807, 2.05) is 0 Å². The lowest BCUT2D eigenvalue weighted by Crippen LogP contribution is -2.45. The number of halogens is 4. The molecule has 0 bridgehead atoms. The summed E-state index contributed by atoms with van der Waals surface area (Å²) in [5, 5.41) is 0.393. The van der Waals surface area contributed by atoms with Crippen molar-refractivity contribution in [3.63, 3.8) is 0 Å². The normalized spacial score (nSPS) is 16.4. The number of furan rings is 1. The monoisotopic (exact) mass is 343 g/mol. The van der Waals surface area contributed by atoms with Crippen molar-refractivity contribution in [1.82, 2.24) is 4.90 Å². The molecule has 24 heavy (non-hydrogen) atoms. The van der Waals surface area contributed by atoms with Crippen LogP contribution in [0.1, 0.15) is 35.9 Å². The molecule has 1 fully saturated rings. The summed E-state index contributed by atoms with van der Waals surface area (Å²) in [5.41, 5.74) is 0.244. The Kier molecular flexibility index (Phi) is 4.05. The average molecular weight is 343 g/mol. The van der Waals surface area contributed by atoms with Crippen LogP contribution in [-0.2, 0) is 0 Å². The molecule has 3 nitrogen and oxygen atoms in total. The minimum Gasteiger partial charge on any atom is -0.448 e. The van der Waals surface area contributed by atoms with Gasteiger partial charge in [0.1, 0.15) is 6.54 Å². The number of hydrogen-bond acceptors (Lipinski definition) is 2. The van der Waals surface area contributed by atoms with Gasteiger partial charge in [-0.1, -0.05) is 12.1 Å². The summed E-state index contributed by atoms with van der Waals surface area (Å²) < 4.78 is 57.8. The molecule has 3 rings (SSSR count). The number of fused-ring (bicyclic) bond motifs is 1.